The van der Waals surface area contributed by atoms with E-state index < -0.39 is 74.1 Å². The molecule has 2 aliphatic rings. The molecule has 33 heavy (non-hydrogen) atoms. The molecule has 2 heterocycles. The average molecular weight is 483 g/mol. The van der Waals surface area contributed by atoms with Crippen LogP contribution in [0.3, 0.4) is 0 Å². The molecule has 10 atom stereocenters. The lowest BCUT2D eigenvalue weighted by atomic mass is 9.89. The first-order valence-electron chi connectivity index (χ1n) is 11.7. The lowest BCUT2D eigenvalue weighted by Gasteiger charge is -2.55. The molecule has 196 valence electrons. The summed E-state index contributed by atoms with van der Waals surface area (Å²) in [4.78, 5) is 0. The molecule has 12 nitrogen and oxygen atoms in total. The van der Waals surface area contributed by atoms with E-state index in [0.29, 0.717) is 13.0 Å². The highest BCUT2D eigenvalue weighted by Crippen LogP contribution is 2.34. The molecule has 2 rings (SSSR count). The van der Waals surface area contributed by atoms with Gasteiger partial charge in [0.15, 0.2) is 6.29 Å². The van der Waals surface area contributed by atoms with Gasteiger partial charge < -0.3 is 60.8 Å². The van der Waals surface area contributed by atoms with Crippen molar-refractivity contribution in [2.45, 2.75) is 112 Å². The third kappa shape index (κ3) is 7.26. The van der Waals surface area contributed by atoms with E-state index in [1.807, 2.05) is 0 Å². The van der Waals surface area contributed by atoms with E-state index in [1.165, 1.54) is 0 Å². The summed E-state index contributed by atoms with van der Waals surface area (Å²) in [5.74, 6) is -2.36. The lowest BCUT2D eigenvalue weighted by Crippen LogP contribution is -2.72. The Morgan fingerprint density at radius 2 is 1.33 bits per heavy atom. The fourth-order valence-electron chi connectivity index (χ4n) is 4.30. The van der Waals surface area contributed by atoms with Gasteiger partial charge in [-0.15, -0.1) is 0 Å². The quantitative estimate of drug-likeness (QED) is 0.119. The van der Waals surface area contributed by atoms with Crippen LogP contribution in [-0.2, 0) is 14.2 Å². The second-order valence-corrected chi connectivity index (χ2v) is 8.90. The van der Waals surface area contributed by atoms with Gasteiger partial charge in [-0.25, -0.2) is 0 Å². The van der Waals surface area contributed by atoms with Gasteiger partial charge >= 0.3 is 0 Å². The maximum Gasteiger partial charge on any atom is 0.187 e. The molecule has 0 unspecified atom stereocenters. The third-order valence-corrected chi connectivity index (χ3v) is 6.38. The molecule has 0 aromatic carbocycles. The van der Waals surface area contributed by atoms with E-state index in [-0.39, 0.29) is 6.42 Å². The minimum atomic E-state index is -2.36. The van der Waals surface area contributed by atoms with Crippen molar-refractivity contribution in [1.29, 1.82) is 0 Å². The Labute approximate surface area is 193 Å². The van der Waals surface area contributed by atoms with Crippen LogP contribution in [0.25, 0.3) is 0 Å². The number of unbranched alkanes of at least 4 members (excludes halogenated alkanes) is 6. The summed E-state index contributed by atoms with van der Waals surface area (Å²) >= 11 is 0. The van der Waals surface area contributed by atoms with E-state index in [0.717, 1.165) is 38.5 Å². The molecule has 2 fully saturated rings. The normalized spacial score (nSPS) is 41.9. The van der Waals surface area contributed by atoms with Crippen molar-refractivity contribution in [3.63, 3.8) is 0 Å². The first-order valence-corrected chi connectivity index (χ1v) is 11.7. The maximum absolute atomic E-state index is 13.1. The smallest absolute Gasteiger partial charge is 0.187 e. The van der Waals surface area contributed by atoms with Gasteiger partial charge in [0.2, 0.25) is 0 Å². The van der Waals surface area contributed by atoms with Crippen molar-refractivity contribution in [3.8, 4) is 0 Å². The van der Waals surface area contributed by atoms with Gasteiger partial charge in [-0.05, 0) is 19.4 Å². The predicted octanol–water partition coefficient (Wildman–Crippen LogP) is -3.58. The third-order valence-electron chi connectivity index (χ3n) is 6.38. The van der Waals surface area contributed by atoms with Crippen molar-refractivity contribution < 1.29 is 55.1 Å². The molecule has 0 saturated carbocycles. The Morgan fingerprint density at radius 3 is 1.91 bits per heavy atom. The van der Waals surface area contributed by atoms with Crippen LogP contribution in [0.2, 0.25) is 0 Å². The van der Waals surface area contributed by atoms with Crippen LogP contribution in [0.4, 0.5) is 0 Å². The first kappa shape index (κ1) is 28.8. The van der Waals surface area contributed by atoms with Crippen molar-refractivity contribution >= 4 is 0 Å². The highest BCUT2D eigenvalue weighted by Gasteiger charge is 2.51. The molecule has 9 N–H and O–H groups in total. The molecule has 0 aromatic rings. The molecule has 0 bridgehead atoms. The SMILES string of the molecule is NCCCCCCCCC[C@@]1([O-])O[C@H](CO)[C@@H](O[C@@H]2O[C@H](CO)[C@H](O)[C@H](O)[C@H]2O)[C@H](O)[C@H]1O. The summed E-state index contributed by atoms with van der Waals surface area (Å²) in [7, 11) is 0. The molecule has 0 radical (unpaired) electrons. The summed E-state index contributed by atoms with van der Waals surface area (Å²) in [5.41, 5.74) is 5.46. The molecule has 12 heteroatoms. The van der Waals surface area contributed by atoms with Crippen molar-refractivity contribution in [1.82, 2.24) is 0 Å². The summed E-state index contributed by atoms with van der Waals surface area (Å²) < 4.78 is 16.1. The molecule has 0 aliphatic carbocycles. The van der Waals surface area contributed by atoms with Gasteiger partial charge in [-0.3, -0.25) is 0 Å². The van der Waals surface area contributed by atoms with Crippen LogP contribution in [-0.4, -0.2) is 116 Å². The highest BCUT2D eigenvalue weighted by atomic mass is 16.7. The molecular formula is C21H40NO11-. The first-order chi connectivity index (χ1) is 15.7. The van der Waals surface area contributed by atoms with Gasteiger partial charge in [-0.2, -0.15) is 0 Å². The number of aliphatic hydroxyl groups is 7. The van der Waals surface area contributed by atoms with Crippen LogP contribution < -0.4 is 10.8 Å². The average Bonchev–Trinajstić information content (AvgIpc) is 2.81. The van der Waals surface area contributed by atoms with Crippen molar-refractivity contribution in [2.75, 3.05) is 19.8 Å². The Morgan fingerprint density at radius 1 is 0.758 bits per heavy atom. The Kier molecular flexibility index (Phi) is 11.8. The van der Waals surface area contributed by atoms with E-state index in [2.05, 4.69) is 0 Å². The molecule has 2 saturated heterocycles. The van der Waals surface area contributed by atoms with Crippen LogP contribution in [0.15, 0.2) is 0 Å². The number of ether oxygens (including phenoxy) is 3. The van der Waals surface area contributed by atoms with Crippen molar-refractivity contribution in [2.24, 2.45) is 5.73 Å². The minimum absolute atomic E-state index is 0.0860. The molecule has 2 aliphatic heterocycles. The van der Waals surface area contributed by atoms with E-state index in [4.69, 9.17) is 19.9 Å². The summed E-state index contributed by atoms with van der Waals surface area (Å²) in [6.07, 6.45) is -8.30. The van der Waals surface area contributed by atoms with Gasteiger partial charge in [0.1, 0.15) is 42.7 Å². The molecule has 0 aromatic heterocycles. The van der Waals surface area contributed by atoms with E-state index in [1.54, 1.807) is 0 Å². The minimum Gasteiger partial charge on any atom is -0.827 e. The van der Waals surface area contributed by atoms with Crippen LogP contribution in [0.5, 0.6) is 0 Å². The zero-order chi connectivity index (χ0) is 24.6. The highest BCUT2D eigenvalue weighted by molar-refractivity contribution is 4.97. The standard InChI is InChI=1S/C21H40NO11/c22-9-7-5-3-1-2-4-6-8-21(30)19(29)17(28)18(13(11-24)33-21)32-20-16(27)15(26)14(25)12(10-23)31-20/h12-20,23-29H,1-11,22H2/q-1/t12-,13-,14+,15+,16-,17+,18-,19-,20+,21-/m1/s1. The van der Waals surface area contributed by atoms with Crippen LogP contribution >= 0.6 is 0 Å². The van der Waals surface area contributed by atoms with E-state index in [9.17, 15) is 40.9 Å². The molecular weight excluding hydrogens is 442 g/mol. The maximum atomic E-state index is 13.1. The van der Waals surface area contributed by atoms with Crippen LogP contribution in [0.1, 0.15) is 51.4 Å². The van der Waals surface area contributed by atoms with Gasteiger partial charge in [0, 0.05) is 5.79 Å². The Balaban J connectivity index is 1.93. The zero-order valence-electron chi connectivity index (χ0n) is 18.8. The largest absolute Gasteiger partial charge is 0.827 e. The molecule has 0 amide bonds. The van der Waals surface area contributed by atoms with Crippen molar-refractivity contribution in [3.05, 3.63) is 0 Å². The number of hydrogen-bond acceptors (Lipinski definition) is 12. The monoisotopic (exact) mass is 482 g/mol. The summed E-state index contributed by atoms with van der Waals surface area (Å²) in [5, 5.41) is 83.1. The summed E-state index contributed by atoms with van der Waals surface area (Å²) in [6, 6.07) is 0. The Hall–Kier alpha value is -0.480. The number of rotatable bonds is 13. The summed E-state index contributed by atoms with van der Waals surface area (Å²) in [6.45, 7) is -0.738. The number of aliphatic hydroxyl groups excluding tert-OH is 7. The van der Waals surface area contributed by atoms with E-state index >= 15 is 0 Å². The number of hydrogen-bond donors (Lipinski definition) is 8. The van der Waals surface area contributed by atoms with Gasteiger partial charge in [-0.1, -0.05) is 38.5 Å². The van der Waals surface area contributed by atoms with Gasteiger partial charge in [0.25, 0.3) is 0 Å². The second kappa shape index (κ2) is 13.6. The Bertz CT molecular complexity index is 554. The molecule has 0 spiro atoms. The zero-order valence-corrected chi connectivity index (χ0v) is 18.8. The fraction of sp³-hybridized carbons (Fsp3) is 1.00. The second-order valence-electron chi connectivity index (χ2n) is 8.90. The fourth-order valence-corrected chi connectivity index (χ4v) is 4.30. The predicted molar refractivity (Wildman–Crippen MR) is 111 cm³/mol. The topological polar surface area (TPSA) is 218 Å². The van der Waals surface area contributed by atoms with Crippen LogP contribution in [0, 0.1) is 0 Å². The number of nitrogens with two attached hydrogens (primary N) is 1. The lowest BCUT2D eigenvalue weighted by molar-refractivity contribution is -0.598. The van der Waals surface area contributed by atoms with Gasteiger partial charge in [0.05, 0.1) is 19.3 Å².